The fraction of sp³-hybridized carbons (Fsp3) is 0.783. The number of rotatable bonds is 2. The van der Waals surface area contributed by atoms with Crippen LogP contribution in [0.15, 0.2) is 24.3 Å². The molecule has 1 nitrogen and oxygen atoms in total. The van der Waals surface area contributed by atoms with Crippen molar-refractivity contribution < 1.29 is 0 Å². The van der Waals surface area contributed by atoms with Crippen LogP contribution in [-0.4, -0.2) is 5.71 Å². The number of hydrogen-bond donors (Lipinski definition) is 1. The van der Waals surface area contributed by atoms with Crippen molar-refractivity contribution in [3.63, 3.8) is 0 Å². The number of fused-ring (bicyclic) bond motifs is 5. The predicted molar refractivity (Wildman–Crippen MR) is 100 cm³/mol. The van der Waals surface area contributed by atoms with Gasteiger partial charge in [-0.25, -0.2) is 0 Å². The molecule has 0 aliphatic heterocycles. The van der Waals surface area contributed by atoms with Crippen LogP contribution < -0.4 is 0 Å². The van der Waals surface area contributed by atoms with Gasteiger partial charge in [-0.1, -0.05) is 18.6 Å². The van der Waals surface area contributed by atoms with Gasteiger partial charge < -0.3 is 5.41 Å². The summed E-state index contributed by atoms with van der Waals surface area (Å²) in [4.78, 5) is 0. The second-order valence-corrected chi connectivity index (χ2v) is 9.77. The minimum atomic E-state index is 0.585. The summed E-state index contributed by atoms with van der Waals surface area (Å²) in [5.41, 5.74) is 3.79. The molecule has 0 aromatic carbocycles. The summed E-state index contributed by atoms with van der Waals surface area (Å²) < 4.78 is 0. The molecule has 0 radical (unpaired) electrons. The summed E-state index contributed by atoms with van der Waals surface area (Å²) in [5.74, 6) is 4.50. The van der Waals surface area contributed by atoms with Gasteiger partial charge in [0.2, 0.25) is 0 Å². The summed E-state index contributed by atoms with van der Waals surface area (Å²) in [6.07, 6.45) is 18.4. The van der Waals surface area contributed by atoms with Gasteiger partial charge in [0.25, 0.3) is 0 Å². The highest BCUT2D eigenvalue weighted by atomic mass is 14.7. The van der Waals surface area contributed by atoms with Crippen molar-refractivity contribution in [1.82, 2.24) is 0 Å². The standard InChI is InChI=1S/C23H33N/c1-3-21-22(11-12-22)14-20-19-7-5-15-13-16(24)6-8-17(15)18(19)9-10-23(20,21)4-2/h3,13,17-21,24H,1,4-12,14H2,2H3. The largest absolute Gasteiger partial charge is 0.305 e. The normalized spacial score (nSPS) is 48.3. The van der Waals surface area contributed by atoms with Crippen molar-refractivity contribution in [2.45, 2.75) is 71.1 Å². The van der Waals surface area contributed by atoms with Gasteiger partial charge in [-0.05, 0) is 111 Å². The molecule has 0 saturated heterocycles. The summed E-state index contributed by atoms with van der Waals surface area (Å²) >= 11 is 0. The van der Waals surface area contributed by atoms with Crippen LogP contribution in [0.1, 0.15) is 71.1 Å². The topological polar surface area (TPSA) is 23.9 Å². The van der Waals surface area contributed by atoms with E-state index in [0.717, 1.165) is 41.7 Å². The van der Waals surface area contributed by atoms with Crippen LogP contribution in [0.3, 0.4) is 0 Å². The minimum absolute atomic E-state index is 0.585. The molecule has 5 aliphatic carbocycles. The second-order valence-electron chi connectivity index (χ2n) is 9.77. The first-order chi connectivity index (χ1) is 11.6. The molecule has 130 valence electrons. The lowest BCUT2D eigenvalue weighted by atomic mass is 9.50. The quantitative estimate of drug-likeness (QED) is 0.588. The second kappa shape index (κ2) is 5.08. The number of nitrogens with one attached hydrogen (secondary N) is 1. The summed E-state index contributed by atoms with van der Waals surface area (Å²) in [6, 6.07) is 0. The fourth-order valence-electron chi connectivity index (χ4n) is 8.19. The van der Waals surface area contributed by atoms with E-state index in [1.807, 2.05) is 0 Å². The molecule has 24 heavy (non-hydrogen) atoms. The third-order valence-electron chi connectivity index (χ3n) is 9.28. The maximum absolute atomic E-state index is 8.05. The molecule has 1 N–H and O–H groups in total. The Morgan fingerprint density at radius 2 is 2.00 bits per heavy atom. The molecule has 0 aromatic heterocycles. The van der Waals surface area contributed by atoms with Crippen molar-refractivity contribution in [1.29, 1.82) is 5.41 Å². The van der Waals surface area contributed by atoms with Crippen LogP contribution in [-0.2, 0) is 0 Å². The average Bonchev–Trinajstić information content (AvgIpc) is 3.29. The molecule has 5 aliphatic rings. The zero-order valence-electron chi connectivity index (χ0n) is 15.3. The first-order valence-electron chi connectivity index (χ1n) is 10.5. The molecule has 6 atom stereocenters. The van der Waals surface area contributed by atoms with E-state index in [9.17, 15) is 0 Å². The molecule has 0 aromatic rings. The summed E-state index contributed by atoms with van der Waals surface area (Å²) in [6.45, 7) is 6.78. The Labute approximate surface area is 147 Å². The Bertz CT molecular complexity index is 610. The molecule has 6 unspecified atom stereocenters. The van der Waals surface area contributed by atoms with Gasteiger partial charge in [-0.2, -0.15) is 0 Å². The third kappa shape index (κ3) is 1.85. The van der Waals surface area contributed by atoms with Crippen molar-refractivity contribution in [3.05, 3.63) is 24.3 Å². The van der Waals surface area contributed by atoms with Gasteiger partial charge >= 0.3 is 0 Å². The minimum Gasteiger partial charge on any atom is -0.305 e. The van der Waals surface area contributed by atoms with E-state index < -0.39 is 0 Å². The van der Waals surface area contributed by atoms with E-state index in [2.05, 4.69) is 25.7 Å². The molecule has 0 amide bonds. The molecule has 1 spiro atoms. The Morgan fingerprint density at radius 1 is 1.17 bits per heavy atom. The molecule has 1 heteroatoms. The Morgan fingerprint density at radius 3 is 2.71 bits per heavy atom. The lowest BCUT2D eigenvalue weighted by molar-refractivity contribution is -0.0269. The van der Waals surface area contributed by atoms with Gasteiger partial charge in [0.15, 0.2) is 0 Å². The van der Waals surface area contributed by atoms with Crippen LogP contribution in [0.2, 0.25) is 0 Å². The molecule has 0 bridgehead atoms. The van der Waals surface area contributed by atoms with Crippen LogP contribution in [0, 0.1) is 45.8 Å². The van der Waals surface area contributed by atoms with Crippen LogP contribution in [0.4, 0.5) is 0 Å². The van der Waals surface area contributed by atoms with Crippen molar-refractivity contribution in [3.8, 4) is 0 Å². The van der Waals surface area contributed by atoms with Crippen LogP contribution in [0.25, 0.3) is 0 Å². The predicted octanol–water partition coefficient (Wildman–Crippen LogP) is 6.16. The SMILES string of the molecule is C=CC1C2(CC2)CC2C3CCC4=CC(=N)CCC4C3CCC21CC. The first kappa shape index (κ1) is 15.4. The number of hydrogen-bond acceptors (Lipinski definition) is 1. The third-order valence-corrected chi connectivity index (χ3v) is 9.28. The van der Waals surface area contributed by atoms with E-state index in [-0.39, 0.29) is 0 Å². The molecule has 0 heterocycles. The lowest BCUT2D eigenvalue weighted by Crippen LogP contribution is -2.47. The van der Waals surface area contributed by atoms with E-state index in [1.54, 1.807) is 5.57 Å². The van der Waals surface area contributed by atoms with Gasteiger partial charge in [0, 0.05) is 5.71 Å². The first-order valence-corrected chi connectivity index (χ1v) is 10.5. The molecule has 4 saturated carbocycles. The van der Waals surface area contributed by atoms with E-state index in [4.69, 9.17) is 5.41 Å². The zero-order valence-corrected chi connectivity index (χ0v) is 15.3. The van der Waals surface area contributed by atoms with Gasteiger partial charge in [-0.3, -0.25) is 0 Å². The molecular weight excluding hydrogens is 290 g/mol. The van der Waals surface area contributed by atoms with Gasteiger partial charge in [0.1, 0.15) is 0 Å². The monoisotopic (exact) mass is 323 g/mol. The average molecular weight is 324 g/mol. The maximum Gasteiger partial charge on any atom is 0.0313 e. The van der Waals surface area contributed by atoms with Gasteiger partial charge in [0.05, 0.1) is 0 Å². The highest BCUT2D eigenvalue weighted by Crippen LogP contribution is 2.76. The van der Waals surface area contributed by atoms with Crippen molar-refractivity contribution in [2.24, 2.45) is 40.4 Å². The van der Waals surface area contributed by atoms with Crippen LogP contribution >= 0.6 is 0 Å². The highest BCUT2D eigenvalue weighted by molar-refractivity contribution is 5.93. The maximum atomic E-state index is 8.05. The van der Waals surface area contributed by atoms with E-state index >= 15 is 0 Å². The number of allylic oxidation sites excluding steroid dienone is 3. The highest BCUT2D eigenvalue weighted by Gasteiger charge is 2.67. The fourth-order valence-corrected chi connectivity index (χ4v) is 8.19. The summed E-state index contributed by atoms with van der Waals surface area (Å²) in [5, 5.41) is 8.05. The Balaban J connectivity index is 1.50. The van der Waals surface area contributed by atoms with E-state index in [1.165, 1.54) is 57.8 Å². The lowest BCUT2D eigenvalue weighted by Gasteiger charge is -2.55. The zero-order chi connectivity index (χ0) is 16.5. The van der Waals surface area contributed by atoms with E-state index in [0.29, 0.717) is 10.8 Å². The van der Waals surface area contributed by atoms with Crippen molar-refractivity contribution in [2.75, 3.05) is 0 Å². The summed E-state index contributed by atoms with van der Waals surface area (Å²) in [7, 11) is 0. The Kier molecular flexibility index (Phi) is 3.26. The molecule has 5 rings (SSSR count). The van der Waals surface area contributed by atoms with Crippen LogP contribution in [0.5, 0.6) is 0 Å². The van der Waals surface area contributed by atoms with Gasteiger partial charge in [-0.15, -0.1) is 6.58 Å². The smallest absolute Gasteiger partial charge is 0.0313 e. The van der Waals surface area contributed by atoms with Crippen molar-refractivity contribution >= 4 is 5.71 Å². The Hall–Kier alpha value is -0.850. The molecular formula is C23H33N. The molecule has 4 fully saturated rings.